The van der Waals surface area contributed by atoms with Gasteiger partial charge in [-0.3, -0.25) is 9.59 Å². The molecule has 1 N–H and O–H groups in total. The Bertz CT molecular complexity index is 1220. The molecule has 1 heterocycles. The number of anilines is 1. The number of amides is 1. The van der Waals surface area contributed by atoms with Gasteiger partial charge in [0.15, 0.2) is 36.1 Å². The highest BCUT2D eigenvalue weighted by Gasteiger charge is 2.16. The topological polar surface area (TPSA) is 68.5 Å². The molecule has 0 saturated carbocycles. The van der Waals surface area contributed by atoms with E-state index in [0.717, 1.165) is 24.9 Å². The van der Waals surface area contributed by atoms with E-state index in [-0.39, 0.29) is 18.3 Å². The molecule has 2 aromatic carbocycles. The maximum atomic E-state index is 12.6. The molecule has 1 amide bonds. The number of para-hydroxylation sites is 1. The lowest BCUT2D eigenvalue weighted by molar-refractivity contribution is -0.689. The highest BCUT2D eigenvalue weighted by Crippen LogP contribution is 2.32. The van der Waals surface area contributed by atoms with Crippen molar-refractivity contribution in [3.8, 4) is 11.5 Å². The molecule has 3 rings (SSSR count). The predicted octanol–water partition coefficient (Wildman–Crippen LogP) is 8.69. The van der Waals surface area contributed by atoms with Gasteiger partial charge in [0.2, 0.25) is 5.51 Å². The van der Waals surface area contributed by atoms with Crippen LogP contribution in [0.3, 0.4) is 0 Å². The molecule has 0 aliphatic heterocycles. The van der Waals surface area contributed by atoms with Crippen molar-refractivity contribution in [2.45, 2.75) is 104 Å². The minimum Gasteiger partial charge on any atom is -0.489 e. The molecule has 6 nitrogen and oxygen atoms in total. The maximum absolute atomic E-state index is 12.6. The Morgan fingerprint density at radius 2 is 1.48 bits per heavy atom. The van der Waals surface area contributed by atoms with E-state index in [1.54, 1.807) is 29.5 Å². The number of Topliss-reactive ketones (excluding diaryl/α,β-unsaturated/α-hetero) is 1. The largest absolute Gasteiger partial charge is 0.489 e. The van der Waals surface area contributed by atoms with Crippen LogP contribution in [0, 0.1) is 6.92 Å². The van der Waals surface area contributed by atoms with Gasteiger partial charge in [0.25, 0.3) is 5.91 Å². The number of rotatable bonds is 21. The summed E-state index contributed by atoms with van der Waals surface area (Å²) in [5.41, 5.74) is 5.66. The van der Waals surface area contributed by atoms with Crippen LogP contribution in [0.15, 0.2) is 53.4 Å². The molecule has 3 aromatic rings. The lowest BCUT2D eigenvalue weighted by atomic mass is 10.1. The molecule has 7 heteroatoms. The first-order valence-electron chi connectivity index (χ1n) is 15.7. The van der Waals surface area contributed by atoms with Gasteiger partial charge in [-0.1, -0.05) is 107 Å². The third-order valence-corrected chi connectivity index (χ3v) is 8.28. The van der Waals surface area contributed by atoms with Gasteiger partial charge in [0, 0.05) is 18.2 Å². The zero-order valence-electron chi connectivity index (χ0n) is 25.8. The van der Waals surface area contributed by atoms with Crippen LogP contribution < -0.4 is 19.4 Å². The number of carbonyl (C=O) groups excluding carboxylic acids is 2. The number of nitrogens with one attached hydrogen (secondary N) is 1. The number of unbranched alkanes of at least 4 members (excludes halogenated alkanes) is 11. The predicted molar refractivity (Wildman–Crippen MR) is 172 cm³/mol. The molecule has 0 unspecified atom stereocenters. The van der Waals surface area contributed by atoms with Gasteiger partial charge in [0.05, 0.1) is 17.6 Å². The van der Waals surface area contributed by atoms with Gasteiger partial charge in [-0.15, -0.1) is 0 Å². The molecule has 0 fully saturated rings. The van der Waals surface area contributed by atoms with Crippen molar-refractivity contribution in [2.75, 3.05) is 18.5 Å². The number of ketones is 1. The molecule has 0 atom stereocenters. The molecule has 228 valence electrons. The van der Waals surface area contributed by atoms with Crippen molar-refractivity contribution in [1.29, 1.82) is 0 Å². The molecule has 0 saturated heterocycles. The van der Waals surface area contributed by atoms with Crippen LogP contribution in [0.4, 0.5) is 5.69 Å². The lowest BCUT2D eigenvalue weighted by Crippen LogP contribution is -2.34. The van der Waals surface area contributed by atoms with E-state index in [9.17, 15) is 9.59 Å². The SMILES string of the molecule is CCCCCCCCCCCCCCOc1c(OCC(=O)Nc2ccc(C[n+]3cscc3C)cc2)cccc1C(C)=O. The summed E-state index contributed by atoms with van der Waals surface area (Å²) < 4.78 is 14.1. The summed E-state index contributed by atoms with van der Waals surface area (Å²) in [5.74, 6) is 0.471. The summed E-state index contributed by atoms with van der Waals surface area (Å²) in [7, 11) is 0. The van der Waals surface area contributed by atoms with Gasteiger partial charge in [0.1, 0.15) is 0 Å². The minimum absolute atomic E-state index is 0.0921. The molecule has 0 radical (unpaired) electrons. The summed E-state index contributed by atoms with van der Waals surface area (Å²) >= 11 is 1.68. The lowest BCUT2D eigenvalue weighted by Gasteiger charge is -2.15. The Morgan fingerprint density at radius 3 is 2.07 bits per heavy atom. The molecule has 42 heavy (non-hydrogen) atoms. The van der Waals surface area contributed by atoms with Crippen LogP contribution in [-0.4, -0.2) is 24.9 Å². The van der Waals surface area contributed by atoms with Crippen LogP contribution in [-0.2, 0) is 11.3 Å². The van der Waals surface area contributed by atoms with Crippen LogP contribution in [0.2, 0.25) is 0 Å². The maximum Gasteiger partial charge on any atom is 0.262 e. The van der Waals surface area contributed by atoms with Crippen LogP contribution >= 0.6 is 11.3 Å². The first kappa shape index (κ1) is 33.3. The molecule has 0 aliphatic rings. The number of hydrogen-bond acceptors (Lipinski definition) is 5. The number of hydrogen-bond donors (Lipinski definition) is 1. The third-order valence-electron chi connectivity index (χ3n) is 7.43. The molecule has 1 aromatic heterocycles. The van der Waals surface area contributed by atoms with Crippen LogP contribution in [0.25, 0.3) is 0 Å². The van der Waals surface area contributed by atoms with E-state index in [2.05, 4.69) is 34.6 Å². The van der Waals surface area contributed by atoms with Crippen molar-refractivity contribution < 1.29 is 23.6 Å². The fourth-order valence-corrected chi connectivity index (χ4v) is 5.70. The Balaban J connectivity index is 1.39. The standard InChI is InChI=1S/C35H48N2O4S/c1-4-5-6-7-8-9-10-11-12-13-14-15-23-40-35-32(29(3)38)17-16-18-33(35)41-25-34(39)36-31-21-19-30(20-22-31)24-37-27-42-26-28(37)2/h16-22,26-27H,4-15,23-25H2,1-3H3/p+1. The molecule has 0 bridgehead atoms. The highest BCUT2D eigenvalue weighted by atomic mass is 32.1. The van der Waals surface area contributed by atoms with Crippen LogP contribution in [0.5, 0.6) is 11.5 Å². The minimum atomic E-state index is -0.272. The van der Waals surface area contributed by atoms with Gasteiger partial charge < -0.3 is 14.8 Å². The average Bonchev–Trinajstić information content (AvgIpc) is 3.39. The molecular weight excluding hydrogens is 544 g/mol. The Labute approximate surface area is 256 Å². The van der Waals surface area contributed by atoms with Crippen molar-refractivity contribution in [1.82, 2.24) is 0 Å². The van der Waals surface area contributed by atoms with Crippen molar-refractivity contribution in [2.24, 2.45) is 0 Å². The Morgan fingerprint density at radius 1 is 0.833 bits per heavy atom. The monoisotopic (exact) mass is 593 g/mol. The van der Waals surface area contributed by atoms with Crippen molar-refractivity contribution >= 4 is 28.7 Å². The number of benzene rings is 2. The Hall–Kier alpha value is -3.19. The summed E-state index contributed by atoms with van der Waals surface area (Å²) in [6.07, 6.45) is 15.3. The second-order valence-corrected chi connectivity index (χ2v) is 11.8. The first-order chi connectivity index (χ1) is 20.5. The highest BCUT2D eigenvalue weighted by molar-refractivity contribution is 7.07. The van der Waals surface area contributed by atoms with E-state index in [1.165, 1.54) is 76.8 Å². The number of ether oxygens (including phenoxy) is 2. The van der Waals surface area contributed by atoms with Gasteiger partial charge in [-0.2, -0.15) is 4.57 Å². The number of aryl methyl sites for hydroxylation is 1. The number of carbonyl (C=O) groups is 2. The molecular formula is C35H49N2O4S+. The summed E-state index contributed by atoms with van der Waals surface area (Å²) in [5, 5.41) is 5.01. The summed E-state index contributed by atoms with van der Waals surface area (Å²) in [6.45, 7) is 7.00. The first-order valence-corrected chi connectivity index (χ1v) is 16.6. The van der Waals surface area contributed by atoms with E-state index < -0.39 is 0 Å². The van der Waals surface area contributed by atoms with E-state index in [1.807, 2.05) is 24.3 Å². The smallest absolute Gasteiger partial charge is 0.262 e. The number of nitrogens with zero attached hydrogens (tertiary/aromatic N) is 1. The van der Waals surface area contributed by atoms with E-state index in [0.29, 0.717) is 29.4 Å². The van der Waals surface area contributed by atoms with Gasteiger partial charge in [-0.25, -0.2) is 0 Å². The van der Waals surface area contributed by atoms with Crippen LogP contribution in [0.1, 0.15) is 113 Å². The normalized spacial score (nSPS) is 10.9. The zero-order valence-corrected chi connectivity index (χ0v) is 26.6. The van der Waals surface area contributed by atoms with Gasteiger partial charge in [-0.05, 0) is 37.6 Å². The number of thiazole rings is 1. The second kappa shape index (κ2) is 19.1. The Kier molecular flexibility index (Phi) is 15.1. The summed E-state index contributed by atoms with van der Waals surface area (Å²) in [4.78, 5) is 24.9. The summed E-state index contributed by atoms with van der Waals surface area (Å²) in [6, 6.07) is 13.1. The zero-order chi connectivity index (χ0) is 30.0. The average molecular weight is 594 g/mol. The molecule has 0 aliphatic carbocycles. The fraction of sp³-hybridized carbons (Fsp3) is 0.514. The van der Waals surface area contributed by atoms with Crippen molar-refractivity contribution in [3.63, 3.8) is 0 Å². The van der Waals surface area contributed by atoms with Gasteiger partial charge >= 0.3 is 0 Å². The van der Waals surface area contributed by atoms with E-state index in [4.69, 9.17) is 9.47 Å². The van der Waals surface area contributed by atoms with E-state index >= 15 is 0 Å². The number of aromatic nitrogens is 1. The third kappa shape index (κ3) is 12.0. The quantitative estimate of drug-likeness (QED) is 0.0762. The fourth-order valence-electron chi connectivity index (χ4n) is 4.92. The molecule has 0 spiro atoms. The van der Waals surface area contributed by atoms with Crippen molar-refractivity contribution in [3.05, 3.63) is 70.2 Å². The second-order valence-electron chi connectivity index (χ2n) is 11.1.